The van der Waals surface area contributed by atoms with Crippen molar-refractivity contribution in [1.29, 1.82) is 0 Å². The number of carboxylic acids is 1. The van der Waals surface area contributed by atoms with Crippen LogP contribution in [0, 0.1) is 12.8 Å². The molecule has 0 spiro atoms. The number of aryl methyl sites for hydroxylation is 1. The van der Waals surface area contributed by atoms with Crippen LogP contribution in [0.15, 0.2) is 27.1 Å². The summed E-state index contributed by atoms with van der Waals surface area (Å²) in [6, 6.07) is 5.81. The molecular formula is C14H15BrN2O3. The van der Waals surface area contributed by atoms with E-state index in [9.17, 15) is 4.79 Å². The Balaban J connectivity index is 2.12. The molecule has 1 heterocycles. The first kappa shape index (κ1) is 14.7. The lowest BCUT2D eigenvalue weighted by Gasteiger charge is -2.03. The maximum atomic E-state index is 10.6. The zero-order chi connectivity index (χ0) is 14.7. The summed E-state index contributed by atoms with van der Waals surface area (Å²) in [6.45, 7) is 3.85. The topological polar surface area (TPSA) is 76.2 Å². The Morgan fingerprint density at radius 2 is 2.20 bits per heavy atom. The van der Waals surface area contributed by atoms with E-state index in [-0.39, 0.29) is 12.3 Å². The van der Waals surface area contributed by atoms with Crippen LogP contribution in [0.2, 0.25) is 0 Å². The summed E-state index contributed by atoms with van der Waals surface area (Å²) < 4.78 is 6.56. The zero-order valence-corrected chi connectivity index (χ0v) is 12.8. The Kier molecular flexibility index (Phi) is 4.54. The van der Waals surface area contributed by atoms with Gasteiger partial charge in [0.1, 0.15) is 0 Å². The van der Waals surface area contributed by atoms with Crippen molar-refractivity contribution in [2.24, 2.45) is 5.92 Å². The van der Waals surface area contributed by atoms with Crippen molar-refractivity contribution in [2.45, 2.75) is 26.7 Å². The third kappa shape index (κ3) is 3.66. The molecular weight excluding hydrogens is 324 g/mol. The van der Waals surface area contributed by atoms with Gasteiger partial charge in [-0.3, -0.25) is 4.79 Å². The number of halogens is 1. The third-order valence-corrected chi connectivity index (χ3v) is 3.79. The number of carbonyl (C=O) groups is 1. The lowest BCUT2D eigenvalue weighted by atomic mass is 10.0. The molecule has 5 nitrogen and oxygen atoms in total. The molecule has 0 aliphatic rings. The van der Waals surface area contributed by atoms with Crippen LogP contribution in [0.25, 0.3) is 11.5 Å². The Hall–Kier alpha value is -1.69. The summed E-state index contributed by atoms with van der Waals surface area (Å²) in [5.41, 5.74) is 1.97. The number of nitrogens with zero attached hydrogens (tertiary/aromatic N) is 2. The highest BCUT2D eigenvalue weighted by atomic mass is 79.9. The molecule has 1 N–H and O–H groups in total. The molecule has 0 saturated carbocycles. The van der Waals surface area contributed by atoms with Gasteiger partial charge in [0, 0.05) is 22.9 Å². The molecule has 0 saturated heterocycles. The summed E-state index contributed by atoms with van der Waals surface area (Å²) in [5, 5.41) is 16.7. The highest BCUT2D eigenvalue weighted by Crippen LogP contribution is 2.25. The normalized spacial score (nSPS) is 12.3. The molecule has 0 aliphatic carbocycles. The molecule has 0 amide bonds. The molecule has 106 valence electrons. The lowest BCUT2D eigenvalue weighted by molar-refractivity contribution is -0.137. The summed E-state index contributed by atoms with van der Waals surface area (Å²) in [4.78, 5) is 10.6. The third-order valence-electron chi connectivity index (χ3n) is 2.93. The molecule has 6 heteroatoms. The highest BCUT2D eigenvalue weighted by molar-refractivity contribution is 9.10. The van der Waals surface area contributed by atoms with E-state index >= 15 is 0 Å². The van der Waals surface area contributed by atoms with Crippen molar-refractivity contribution in [3.8, 4) is 11.5 Å². The number of carboxylic acid groups (broad SMARTS) is 1. The lowest BCUT2D eigenvalue weighted by Crippen LogP contribution is -2.07. The average Bonchev–Trinajstić information content (AvgIpc) is 2.80. The monoisotopic (exact) mass is 338 g/mol. The van der Waals surface area contributed by atoms with Crippen LogP contribution < -0.4 is 0 Å². The highest BCUT2D eigenvalue weighted by Gasteiger charge is 2.14. The smallest absolute Gasteiger partial charge is 0.303 e. The summed E-state index contributed by atoms with van der Waals surface area (Å²) in [5.74, 6) is 0.0546. The fourth-order valence-electron chi connectivity index (χ4n) is 1.85. The van der Waals surface area contributed by atoms with Gasteiger partial charge in [-0.15, -0.1) is 10.2 Å². The van der Waals surface area contributed by atoms with Crippen LogP contribution in [0.5, 0.6) is 0 Å². The summed E-state index contributed by atoms with van der Waals surface area (Å²) in [6.07, 6.45) is 0.556. The van der Waals surface area contributed by atoms with Gasteiger partial charge in [0.25, 0.3) is 0 Å². The quantitative estimate of drug-likeness (QED) is 0.903. The second-order valence-corrected chi connectivity index (χ2v) is 5.73. The molecule has 20 heavy (non-hydrogen) atoms. The SMILES string of the molecule is Cc1ccc(-c2nnc(CC(C)CC(=O)O)o2)cc1Br. The van der Waals surface area contributed by atoms with Gasteiger partial charge < -0.3 is 9.52 Å². The van der Waals surface area contributed by atoms with Gasteiger partial charge in [-0.1, -0.05) is 28.9 Å². The number of hydrogen-bond donors (Lipinski definition) is 1. The van der Waals surface area contributed by atoms with E-state index in [2.05, 4.69) is 26.1 Å². The van der Waals surface area contributed by atoms with Gasteiger partial charge in [-0.25, -0.2) is 0 Å². The number of aromatic nitrogens is 2. The van der Waals surface area contributed by atoms with Crippen LogP contribution >= 0.6 is 15.9 Å². The predicted molar refractivity (Wildman–Crippen MR) is 77.3 cm³/mol. The molecule has 0 aliphatic heterocycles. The second kappa shape index (κ2) is 6.17. The van der Waals surface area contributed by atoms with Gasteiger partial charge >= 0.3 is 5.97 Å². The van der Waals surface area contributed by atoms with E-state index in [4.69, 9.17) is 9.52 Å². The Morgan fingerprint density at radius 1 is 1.45 bits per heavy atom. The van der Waals surface area contributed by atoms with Crippen molar-refractivity contribution in [1.82, 2.24) is 10.2 Å². The van der Waals surface area contributed by atoms with Crippen molar-refractivity contribution >= 4 is 21.9 Å². The van der Waals surface area contributed by atoms with E-state index in [1.807, 2.05) is 32.0 Å². The summed E-state index contributed by atoms with van der Waals surface area (Å²) >= 11 is 3.46. The first-order chi connectivity index (χ1) is 9.45. The van der Waals surface area contributed by atoms with E-state index in [1.165, 1.54) is 0 Å². The number of aliphatic carboxylic acids is 1. The number of rotatable bonds is 5. The van der Waals surface area contributed by atoms with Crippen molar-refractivity contribution in [3.05, 3.63) is 34.1 Å². The predicted octanol–water partition coefficient (Wildman–Crippen LogP) is 3.46. The van der Waals surface area contributed by atoms with E-state index in [0.717, 1.165) is 15.6 Å². The molecule has 1 aromatic carbocycles. The fourth-order valence-corrected chi connectivity index (χ4v) is 2.23. The standard InChI is InChI=1S/C14H15BrN2O3/c1-8(6-13(18)19)5-12-16-17-14(20-12)10-4-3-9(2)11(15)7-10/h3-4,7-8H,5-6H2,1-2H3,(H,18,19). The van der Waals surface area contributed by atoms with Crippen LogP contribution in [-0.4, -0.2) is 21.3 Å². The van der Waals surface area contributed by atoms with E-state index < -0.39 is 5.97 Å². The second-order valence-electron chi connectivity index (χ2n) is 4.87. The van der Waals surface area contributed by atoms with Crippen LogP contribution in [-0.2, 0) is 11.2 Å². The molecule has 2 aromatic rings. The Bertz CT molecular complexity index is 625. The molecule has 2 rings (SSSR count). The van der Waals surface area contributed by atoms with Gasteiger partial charge in [-0.2, -0.15) is 0 Å². The Labute approximate surface area is 125 Å². The van der Waals surface area contributed by atoms with Gasteiger partial charge in [-0.05, 0) is 30.5 Å². The van der Waals surface area contributed by atoms with Crippen LogP contribution in [0.4, 0.5) is 0 Å². The van der Waals surface area contributed by atoms with E-state index in [1.54, 1.807) is 0 Å². The van der Waals surface area contributed by atoms with E-state index in [0.29, 0.717) is 18.2 Å². The van der Waals surface area contributed by atoms with Gasteiger partial charge in [0.05, 0.1) is 0 Å². The molecule has 0 bridgehead atoms. The first-order valence-corrected chi connectivity index (χ1v) is 7.05. The first-order valence-electron chi connectivity index (χ1n) is 6.26. The van der Waals surface area contributed by atoms with Crippen molar-refractivity contribution in [2.75, 3.05) is 0 Å². The number of benzene rings is 1. The maximum absolute atomic E-state index is 10.6. The number of hydrogen-bond acceptors (Lipinski definition) is 4. The molecule has 1 unspecified atom stereocenters. The van der Waals surface area contributed by atoms with Crippen LogP contribution in [0.3, 0.4) is 0 Å². The zero-order valence-electron chi connectivity index (χ0n) is 11.3. The van der Waals surface area contributed by atoms with Crippen molar-refractivity contribution < 1.29 is 14.3 Å². The molecule has 1 aromatic heterocycles. The minimum Gasteiger partial charge on any atom is -0.481 e. The molecule has 0 radical (unpaired) electrons. The van der Waals surface area contributed by atoms with Gasteiger partial charge in [0.2, 0.25) is 11.8 Å². The Morgan fingerprint density at radius 3 is 2.85 bits per heavy atom. The minimum absolute atomic E-state index is 0.0365. The van der Waals surface area contributed by atoms with Crippen LogP contribution in [0.1, 0.15) is 24.8 Å². The largest absolute Gasteiger partial charge is 0.481 e. The summed E-state index contributed by atoms with van der Waals surface area (Å²) in [7, 11) is 0. The van der Waals surface area contributed by atoms with Crippen molar-refractivity contribution in [3.63, 3.8) is 0 Å². The average molecular weight is 339 g/mol. The molecule has 0 fully saturated rings. The molecule has 1 atom stereocenters. The van der Waals surface area contributed by atoms with Gasteiger partial charge in [0.15, 0.2) is 0 Å². The fraction of sp³-hybridized carbons (Fsp3) is 0.357. The maximum Gasteiger partial charge on any atom is 0.303 e. The minimum atomic E-state index is -0.820.